The predicted octanol–water partition coefficient (Wildman–Crippen LogP) is 3.07. The standard InChI is InChI=1S/C19H17ClN2O3.C5H14NO.H2O/c1-3-22(12-8-5-4-6-9-12)19(25)16-17(23)15-13(20)10-7-11-14(15)21(2)18(16)24;1-6(2,3)4-5-7;/h4-11,23H,3H2,1-2H3;7H,4-5H2,1-3H3;1H2/q;+1;/p-1. The molecule has 1 heterocycles. The summed E-state index contributed by atoms with van der Waals surface area (Å²) in [6, 6.07) is 14.0. The molecule has 0 aliphatic rings. The van der Waals surface area contributed by atoms with Crippen LogP contribution in [0, 0.1) is 0 Å². The molecule has 0 saturated heterocycles. The summed E-state index contributed by atoms with van der Waals surface area (Å²) in [4.78, 5) is 27.2. The molecule has 1 amide bonds. The number of likely N-dealkylation sites (N-methyl/N-ethyl adjacent to an activating group) is 1. The number of carbonyl (C=O) groups is 1. The number of amides is 1. The molecule has 2 aromatic carbocycles. The number of rotatable bonds is 5. The van der Waals surface area contributed by atoms with Gasteiger partial charge in [0.1, 0.15) is 17.9 Å². The Kier molecular flexibility index (Phi) is 10.1. The van der Waals surface area contributed by atoms with Crippen molar-refractivity contribution in [1.29, 1.82) is 0 Å². The summed E-state index contributed by atoms with van der Waals surface area (Å²) in [6.45, 7) is 3.27. The number of nitrogens with zero attached hydrogens (tertiary/aromatic N) is 3. The molecular formula is C24H32ClN3O5. The number of halogens is 1. The monoisotopic (exact) mass is 477 g/mol. The van der Waals surface area contributed by atoms with Gasteiger partial charge in [0.2, 0.25) is 0 Å². The zero-order valence-corrected chi connectivity index (χ0v) is 20.4. The largest absolute Gasteiger partial charge is 0.870 e. The maximum atomic E-state index is 13.0. The summed E-state index contributed by atoms with van der Waals surface area (Å²) < 4.78 is 2.17. The van der Waals surface area contributed by atoms with Crippen LogP contribution in [0.15, 0.2) is 53.3 Å². The van der Waals surface area contributed by atoms with E-state index in [0.29, 0.717) is 23.1 Å². The second-order valence-corrected chi connectivity index (χ2v) is 8.75. The molecule has 0 fully saturated rings. The summed E-state index contributed by atoms with van der Waals surface area (Å²) in [5.74, 6) is -0.947. The van der Waals surface area contributed by atoms with Crippen molar-refractivity contribution in [3.05, 3.63) is 69.5 Å². The maximum Gasteiger partial charge on any atom is 0.267 e. The molecule has 1 aromatic heterocycles. The fourth-order valence-electron chi connectivity index (χ4n) is 3.21. The van der Waals surface area contributed by atoms with Gasteiger partial charge in [-0.3, -0.25) is 9.59 Å². The van der Waals surface area contributed by atoms with Crippen LogP contribution in [0.25, 0.3) is 10.9 Å². The van der Waals surface area contributed by atoms with Crippen LogP contribution in [-0.4, -0.2) is 71.5 Å². The number of aryl methyl sites for hydroxylation is 1. The van der Waals surface area contributed by atoms with Gasteiger partial charge < -0.3 is 29.6 Å². The van der Waals surface area contributed by atoms with E-state index >= 15 is 0 Å². The van der Waals surface area contributed by atoms with Gasteiger partial charge in [-0.1, -0.05) is 35.9 Å². The number of fused-ring (bicyclic) bond motifs is 1. The number of aliphatic hydroxyl groups excluding tert-OH is 1. The molecule has 3 rings (SSSR count). The molecule has 0 aliphatic carbocycles. The topological polar surface area (TPSA) is 113 Å². The number of carbonyl (C=O) groups excluding carboxylic acids is 1. The van der Waals surface area contributed by atoms with Crippen LogP contribution in [-0.2, 0) is 7.05 Å². The number of quaternary nitrogens is 1. The molecule has 9 heteroatoms. The fourth-order valence-corrected chi connectivity index (χ4v) is 3.47. The average Bonchev–Trinajstić information content (AvgIpc) is 2.73. The molecule has 0 saturated carbocycles. The average molecular weight is 478 g/mol. The molecule has 0 bridgehead atoms. The number of anilines is 1. The number of hydrogen-bond acceptors (Lipinski definition) is 5. The molecule has 3 aromatic rings. The van der Waals surface area contributed by atoms with Crippen LogP contribution in [0.5, 0.6) is 5.75 Å². The number of benzene rings is 2. The van der Waals surface area contributed by atoms with E-state index in [4.69, 9.17) is 16.7 Å². The van der Waals surface area contributed by atoms with Crippen LogP contribution in [0.4, 0.5) is 5.69 Å². The third-order valence-electron chi connectivity index (χ3n) is 4.96. The van der Waals surface area contributed by atoms with Crippen molar-refractivity contribution in [3.63, 3.8) is 0 Å². The van der Waals surface area contributed by atoms with Crippen LogP contribution in [0.1, 0.15) is 17.3 Å². The number of pyridine rings is 1. The van der Waals surface area contributed by atoms with Crippen LogP contribution < -0.4 is 10.5 Å². The molecule has 3 N–H and O–H groups in total. The highest BCUT2D eigenvalue weighted by atomic mass is 35.5. The number of para-hydroxylation sites is 1. The van der Waals surface area contributed by atoms with Crippen LogP contribution in [0.3, 0.4) is 0 Å². The Labute approximate surface area is 198 Å². The van der Waals surface area contributed by atoms with Gasteiger partial charge in [0.25, 0.3) is 11.5 Å². The lowest BCUT2D eigenvalue weighted by atomic mass is 10.1. The first-order valence-electron chi connectivity index (χ1n) is 10.3. The lowest BCUT2D eigenvalue weighted by Crippen LogP contribution is -2.36. The maximum absolute atomic E-state index is 13.0. The van der Waals surface area contributed by atoms with Gasteiger partial charge in [-0.15, -0.1) is 0 Å². The second-order valence-electron chi connectivity index (χ2n) is 8.34. The zero-order chi connectivity index (χ0) is 24.1. The highest BCUT2D eigenvalue weighted by Crippen LogP contribution is 2.33. The molecule has 0 spiro atoms. The summed E-state index contributed by atoms with van der Waals surface area (Å²) in [5.41, 5.74) is 0.269. The van der Waals surface area contributed by atoms with E-state index in [2.05, 4.69) is 21.1 Å². The van der Waals surface area contributed by atoms with E-state index in [1.54, 1.807) is 56.4 Å². The van der Waals surface area contributed by atoms with Crippen molar-refractivity contribution in [1.82, 2.24) is 4.57 Å². The molecular weight excluding hydrogens is 446 g/mol. The predicted molar refractivity (Wildman–Crippen MR) is 132 cm³/mol. The Bertz CT molecular complexity index is 1140. The van der Waals surface area contributed by atoms with E-state index in [0.717, 1.165) is 11.0 Å². The normalized spacial score (nSPS) is 10.8. The minimum Gasteiger partial charge on any atom is -0.870 e. The minimum atomic E-state index is -0.563. The Morgan fingerprint density at radius 1 is 1.09 bits per heavy atom. The van der Waals surface area contributed by atoms with Gasteiger partial charge in [0.05, 0.1) is 43.7 Å². The Morgan fingerprint density at radius 3 is 2.18 bits per heavy atom. The highest BCUT2D eigenvalue weighted by Gasteiger charge is 2.26. The van der Waals surface area contributed by atoms with Gasteiger partial charge in [-0.2, -0.15) is 0 Å². The molecule has 0 aliphatic heterocycles. The Balaban J connectivity index is 0.000000595. The molecule has 8 nitrogen and oxygen atoms in total. The summed E-state index contributed by atoms with van der Waals surface area (Å²) in [6.07, 6.45) is 0. The molecule has 0 atom stereocenters. The number of aromatic nitrogens is 1. The summed E-state index contributed by atoms with van der Waals surface area (Å²) in [7, 11) is 7.71. The molecule has 0 unspecified atom stereocenters. The first kappa shape index (κ1) is 28.1. The molecule has 0 radical (unpaired) electrons. The van der Waals surface area contributed by atoms with Gasteiger partial charge >= 0.3 is 0 Å². The van der Waals surface area contributed by atoms with E-state index < -0.39 is 11.5 Å². The number of aliphatic hydroxyl groups is 1. The second kappa shape index (κ2) is 11.8. The van der Waals surface area contributed by atoms with Crippen molar-refractivity contribution >= 4 is 34.1 Å². The van der Waals surface area contributed by atoms with Crippen LogP contribution in [0.2, 0.25) is 5.02 Å². The Morgan fingerprint density at radius 2 is 1.70 bits per heavy atom. The van der Waals surface area contributed by atoms with E-state index in [9.17, 15) is 14.7 Å². The van der Waals surface area contributed by atoms with E-state index in [1.165, 1.54) is 9.47 Å². The highest BCUT2D eigenvalue weighted by molar-refractivity contribution is 6.36. The SMILES string of the molecule is CCN(C(=O)c1c(O)c2c(Cl)cccc2n(C)c1=O)c1ccccc1.C[N+](C)(C)CCO.[OH-]. The number of aromatic hydroxyl groups is 1. The summed E-state index contributed by atoms with van der Waals surface area (Å²) >= 11 is 6.19. The first-order chi connectivity index (χ1) is 15.0. The molecule has 180 valence electrons. The van der Waals surface area contributed by atoms with Crippen molar-refractivity contribution in [2.24, 2.45) is 7.05 Å². The first-order valence-corrected chi connectivity index (χ1v) is 10.7. The van der Waals surface area contributed by atoms with Gasteiger partial charge in [-0.25, -0.2) is 0 Å². The lowest BCUT2D eigenvalue weighted by molar-refractivity contribution is -0.870. The Hall–Kier alpha value is -2.91. The van der Waals surface area contributed by atoms with Gasteiger partial charge in [0.15, 0.2) is 0 Å². The lowest BCUT2D eigenvalue weighted by Gasteiger charge is -2.22. The smallest absolute Gasteiger partial charge is 0.267 e. The van der Waals surface area contributed by atoms with E-state index in [-0.39, 0.29) is 28.4 Å². The van der Waals surface area contributed by atoms with Gasteiger partial charge in [-0.05, 0) is 31.2 Å². The quantitative estimate of drug-likeness (QED) is 0.548. The minimum absolute atomic E-state index is 0. The fraction of sp³-hybridized carbons (Fsp3) is 0.333. The van der Waals surface area contributed by atoms with E-state index in [1.807, 2.05) is 6.07 Å². The van der Waals surface area contributed by atoms with Crippen molar-refractivity contribution in [2.45, 2.75) is 6.92 Å². The van der Waals surface area contributed by atoms with Gasteiger partial charge in [0, 0.05) is 19.3 Å². The van der Waals surface area contributed by atoms with Crippen molar-refractivity contribution in [3.8, 4) is 5.75 Å². The third kappa shape index (κ3) is 6.55. The zero-order valence-electron chi connectivity index (χ0n) is 19.6. The summed E-state index contributed by atoms with van der Waals surface area (Å²) in [5, 5.41) is 19.6. The van der Waals surface area contributed by atoms with Crippen LogP contribution >= 0.6 is 11.6 Å². The van der Waals surface area contributed by atoms with Crippen molar-refractivity contribution < 1.29 is 25.0 Å². The van der Waals surface area contributed by atoms with Crippen molar-refractivity contribution in [2.75, 3.05) is 45.7 Å². The number of hydrogen-bond donors (Lipinski definition) is 2. The molecule has 33 heavy (non-hydrogen) atoms. The third-order valence-corrected chi connectivity index (χ3v) is 5.27.